The highest BCUT2D eigenvalue weighted by atomic mass is 32.2. The molecule has 0 spiro atoms. The summed E-state index contributed by atoms with van der Waals surface area (Å²) in [5, 5.41) is 7.04. The van der Waals surface area contributed by atoms with Gasteiger partial charge in [-0.05, 0) is 19.3 Å². The molecule has 0 unspecified atom stereocenters. The van der Waals surface area contributed by atoms with Crippen molar-refractivity contribution in [2.24, 2.45) is 10.1 Å². The summed E-state index contributed by atoms with van der Waals surface area (Å²) in [6.45, 7) is 5.95. The number of allylic oxidation sites excluding steroid dienone is 2. The second-order valence-electron chi connectivity index (χ2n) is 3.13. The van der Waals surface area contributed by atoms with E-state index < -0.39 is 0 Å². The van der Waals surface area contributed by atoms with Gasteiger partial charge in [0.05, 0.1) is 0 Å². The molecule has 0 radical (unpaired) electrons. The molecule has 0 aromatic heterocycles. The van der Waals surface area contributed by atoms with Crippen molar-refractivity contribution < 1.29 is 0 Å². The van der Waals surface area contributed by atoms with Crippen LogP contribution in [0.1, 0.15) is 6.92 Å². The Hall–Kier alpha value is -1.23. The summed E-state index contributed by atoms with van der Waals surface area (Å²) in [4.78, 5) is 6.37. The number of aliphatic imine (C=N–C) groups is 1. The summed E-state index contributed by atoms with van der Waals surface area (Å²) in [6, 6.07) is 0. The molecule has 0 atom stereocenters. The van der Waals surface area contributed by atoms with E-state index in [1.165, 1.54) is 0 Å². The van der Waals surface area contributed by atoms with Crippen molar-refractivity contribution in [3.8, 4) is 0 Å². The first-order valence-electron chi connectivity index (χ1n) is 4.26. The molecule has 2 heterocycles. The number of rotatable bonds is 0. The summed E-state index contributed by atoms with van der Waals surface area (Å²) in [5.74, 6) is 0.833. The smallest absolute Gasteiger partial charge is 0.233 e. The van der Waals surface area contributed by atoms with E-state index in [0.717, 1.165) is 22.5 Å². The van der Waals surface area contributed by atoms with Crippen molar-refractivity contribution in [1.82, 2.24) is 9.91 Å². The molecule has 0 saturated carbocycles. The van der Waals surface area contributed by atoms with Crippen LogP contribution >= 0.6 is 11.8 Å². The second kappa shape index (κ2) is 3.16. The topological polar surface area (TPSA) is 31.2 Å². The van der Waals surface area contributed by atoms with E-state index in [-0.39, 0.29) is 0 Å². The predicted octanol–water partition coefficient (Wildman–Crippen LogP) is 1.65. The molecule has 2 rings (SSSR count). The van der Waals surface area contributed by atoms with Crippen molar-refractivity contribution >= 4 is 22.9 Å². The first kappa shape index (κ1) is 9.33. The highest BCUT2D eigenvalue weighted by molar-refractivity contribution is 8.13. The Labute approximate surface area is 87.7 Å². The third-order valence-corrected chi connectivity index (χ3v) is 2.67. The van der Waals surface area contributed by atoms with Crippen molar-refractivity contribution in [3.05, 3.63) is 24.0 Å². The van der Waals surface area contributed by atoms with Crippen LogP contribution in [0.25, 0.3) is 0 Å². The molecule has 0 aromatic carbocycles. The van der Waals surface area contributed by atoms with Gasteiger partial charge in [0.25, 0.3) is 0 Å². The van der Waals surface area contributed by atoms with Crippen LogP contribution < -0.4 is 0 Å². The molecule has 2 aliphatic heterocycles. The Bertz CT molecular complexity index is 380. The largest absolute Gasteiger partial charge is 0.257 e. The molecular formula is C9H12N4S. The van der Waals surface area contributed by atoms with Gasteiger partial charge >= 0.3 is 0 Å². The first-order valence-corrected chi connectivity index (χ1v) is 5.48. The van der Waals surface area contributed by atoms with Gasteiger partial charge < -0.3 is 0 Å². The van der Waals surface area contributed by atoms with Crippen molar-refractivity contribution in [2.45, 2.75) is 6.92 Å². The number of guanidine groups is 1. The van der Waals surface area contributed by atoms with Gasteiger partial charge in [-0.15, -0.1) is 5.10 Å². The quantitative estimate of drug-likeness (QED) is 0.606. The van der Waals surface area contributed by atoms with Gasteiger partial charge in [0, 0.05) is 18.4 Å². The molecule has 0 N–H and O–H groups in total. The van der Waals surface area contributed by atoms with E-state index in [1.807, 2.05) is 31.2 Å². The summed E-state index contributed by atoms with van der Waals surface area (Å²) in [7, 11) is 1.89. The SMILES string of the molecule is C=C1C=C(C)N=C2N(C)N=C(SC)N12. The summed E-state index contributed by atoms with van der Waals surface area (Å²) < 4.78 is 0. The number of hydrogen-bond acceptors (Lipinski definition) is 5. The number of hydrazone groups is 1. The van der Waals surface area contributed by atoms with Gasteiger partial charge in [-0.3, -0.25) is 4.90 Å². The Morgan fingerprint density at radius 2 is 2.21 bits per heavy atom. The lowest BCUT2D eigenvalue weighted by molar-refractivity contribution is 0.529. The van der Waals surface area contributed by atoms with Crippen LogP contribution in [0.5, 0.6) is 0 Å². The van der Waals surface area contributed by atoms with E-state index >= 15 is 0 Å². The fraction of sp³-hybridized carbons (Fsp3) is 0.333. The average Bonchev–Trinajstić information content (AvgIpc) is 2.43. The van der Waals surface area contributed by atoms with E-state index in [1.54, 1.807) is 16.8 Å². The lowest BCUT2D eigenvalue weighted by Crippen LogP contribution is -2.35. The maximum atomic E-state index is 4.41. The molecular weight excluding hydrogens is 196 g/mol. The highest BCUT2D eigenvalue weighted by Gasteiger charge is 2.31. The van der Waals surface area contributed by atoms with Crippen LogP contribution in [-0.4, -0.2) is 34.3 Å². The van der Waals surface area contributed by atoms with Gasteiger partial charge in [-0.25, -0.2) is 10.0 Å². The Balaban J connectivity index is 2.43. The molecule has 0 fully saturated rings. The van der Waals surface area contributed by atoms with E-state index in [2.05, 4.69) is 16.7 Å². The van der Waals surface area contributed by atoms with Crippen molar-refractivity contribution in [2.75, 3.05) is 13.3 Å². The van der Waals surface area contributed by atoms with Crippen LogP contribution in [0.2, 0.25) is 0 Å². The minimum atomic E-state index is 0.833. The lowest BCUT2D eigenvalue weighted by Gasteiger charge is -2.24. The number of hydrogen-bond donors (Lipinski definition) is 0. The molecule has 4 nitrogen and oxygen atoms in total. The zero-order valence-electron chi connectivity index (χ0n) is 8.48. The van der Waals surface area contributed by atoms with E-state index in [4.69, 9.17) is 0 Å². The number of fused-ring (bicyclic) bond motifs is 1. The third-order valence-electron chi connectivity index (χ3n) is 2.04. The van der Waals surface area contributed by atoms with Crippen LogP contribution in [0.3, 0.4) is 0 Å². The van der Waals surface area contributed by atoms with E-state index in [9.17, 15) is 0 Å². The maximum absolute atomic E-state index is 4.41. The average molecular weight is 208 g/mol. The second-order valence-corrected chi connectivity index (χ2v) is 3.91. The van der Waals surface area contributed by atoms with Gasteiger partial charge in [-0.2, -0.15) is 0 Å². The molecule has 5 heteroatoms. The highest BCUT2D eigenvalue weighted by Crippen LogP contribution is 2.26. The van der Waals surface area contributed by atoms with Crippen LogP contribution in [-0.2, 0) is 0 Å². The standard InChI is InChI=1S/C9H12N4S/c1-6-5-7(2)13-8(10-6)12(3)11-9(13)14-4/h5H,2H2,1,3-4H3. The van der Waals surface area contributed by atoms with Gasteiger partial charge in [0.2, 0.25) is 5.96 Å². The molecule has 0 saturated heterocycles. The number of amidine groups is 1. The first-order chi connectivity index (χ1) is 6.63. The molecule has 2 aliphatic rings. The molecule has 0 aliphatic carbocycles. The summed E-state index contributed by atoms with van der Waals surface area (Å²) in [6.07, 6.45) is 3.95. The normalized spacial score (nSPS) is 20.5. The predicted molar refractivity (Wildman–Crippen MR) is 60.9 cm³/mol. The Kier molecular flexibility index (Phi) is 2.11. The molecule has 14 heavy (non-hydrogen) atoms. The fourth-order valence-corrected chi connectivity index (χ4v) is 2.04. The van der Waals surface area contributed by atoms with Crippen LogP contribution in [0.4, 0.5) is 0 Å². The number of thioether (sulfide) groups is 1. The van der Waals surface area contributed by atoms with E-state index in [0.29, 0.717) is 0 Å². The minimum absolute atomic E-state index is 0.833. The van der Waals surface area contributed by atoms with Crippen LogP contribution in [0.15, 0.2) is 34.1 Å². The van der Waals surface area contributed by atoms with Crippen LogP contribution in [0, 0.1) is 0 Å². The molecule has 0 bridgehead atoms. The summed E-state index contributed by atoms with van der Waals surface area (Å²) in [5.41, 5.74) is 1.88. The van der Waals surface area contributed by atoms with Gasteiger partial charge in [0.1, 0.15) is 0 Å². The number of nitrogens with zero attached hydrogens (tertiary/aromatic N) is 4. The lowest BCUT2D eigenvalue weighted by atomic mass is 10.3. The molecule has 0 amide bonds. The van der Waals surface area contributed by atoms with Gasteiger partial charge in [0.15, 0.2) is 5.17 Å². The summed E-state index contributed by atoms with van der Waals surface area (Å²) >= 11 is 1.59. The third kappa shape index (κ3) is 1.24. The van der Waals surface area contributed by atoms with Crippen molar-refractivity contribution in [3.63, 3.8) is 0 Å². The molecule has 0 aromatic rings. The zero-order valence-corrected chi connectivity index (χ0v) is 9.30. The van der Waals surface area contributed by atoms with Crippen molar-refractivity contribution in [1.29, 1.82) is 0 Å². The Morgan fingerprint density at radius 1 is 1.50 bits per heavy atom. The zero-order chi connectivity index (χ0) is 10.3. The monoisotopic (exact) mass is 208 g/mol. The van der Waals surface area contributed by atoms with Gasteiger partial charge in [-0.1, -0.05) is 18.3 Å². The fourth-order valence-electron chi connectivity index (χ4n) is 1.45. The molecule has 74 valence electrons. The minimum Gasteiger partial charge on any atom is -0.257 e. The maximum Gasteiger partial charge on any atom is 0.233 e. The Morgan fingerprint density at radius 3 is 2.86 bits per heavy atom.